The first-order chi connectivity index (χ1) is 8.88. The second kappa shape index (κ2) is 7.23. The van der Waals surface area contributed by atoms with Gasteiger partial charge in [-0.2, -0.15) is 0 Å². The van der Waals surface area contributed by atoms with E-state index in [1.54, 1.807) is 18.4 Å². The smallest absolute Gasteiger partial charge is 0.317 e. The minimum absolute atomic E-state index is 0.0605. The molecule has 1 N–H and O–H groups in total. The molecule has 0 aliphatic heterocycles. The van der Waals surface area contributed by atoms with Crippen molar-refractivity contribution in [3.05, 3.63) is 16.1 Å². The molecular weight excluding hydrogens is 262 g/mol. The van der Waals surface area contributed by atoms with Crippen molar-refractivity contribution >= 4 is 23.2 Å². The maximum absolute atomic E-state index is 11.7. The van der Waals surface area contributed by atoms with Gasteiger partial charge in [-0.05, 0) is 12.8 Å². The first-order valence-electron chi connectivity index (χ1n) is 6.30. The molecule has 0 radical (unpaired) electrons. The summed E-state index contributed by atoms with van der Waals surface area (Å²) in [5.74, 6) is 0.519. The highest BCUT2D eigenvalue weighted by Gasteiger charge is 2.11. The molecule has 0 bridgehead atoms. The number of rotatable bonds is 6. The van der Waals surface area contributed by atoms with Crippen LogP contribution in [0.25, 0.3) is 0 Å². The Kier molecular flexibility index (Phi) is 5.95. The second-order valence-electron chi connectivity index (χ2n) is 5.05. The third-order valence-electron chi connectivity index (χ3n) is 2.42. The van der Waals surface area contributed by atoms with Gasteiger partial charge in [0.2, 0.25) is 0 Å². The van der Waals surface area contributed by atoms with Gasteiger partial charge in [0.15, 0.2) is 0 Å². The fourth-order valence-corrected chi connectivity index (χ4v) is 2.51. The summed E-state index contributed by atoms with van der Waals surface area (Å²) in [6, 6.07) is -0.256. The number of amides is 2. The van der Waals surface area contributed by atoms with Crippen molar-refractivity contribution in [2.45, 2.75) is 33.7 Å². The second-order valence-corrected chi connectivity index (χ2v) is 5.99. The molecule has 6 heteroatoms. The Labute approximate surface area is 118 Å². The lowest BCUT2D eigenvalue weighted by Crippen LogP contribution is -2.39. The van der Waals surface area contributed by atoms with Gasteiger partial charge in [0.1, 0.15) is 5.78 Å². The Hall–Kier alpha value is -1.43. The molecule has 1 aromatic rings. The lowest BCUT2D eigenvalue weighted by molar-refractivity contribution is -0.116. The van der Waals surface area contributed by atoms with Crippen molar-refractivity contribution in [1.82, 2.24) is 15.2 Å². The molecule has 0 spiro atoms. The first kappa shape index (κ1) is 15.6. The van der Waals surface area contributed by atoms with E-state index in [-0.39, 0.29) is 18.4 Å². The van der Waals surface area contributed by atoms with Gasteiger partial charge in [0.05, 0.1) is 23.8 Å². The minimum Gasteiger partial charge on any atom is -0.331 e. The topological polar surface area (TPSA) is 62.3 Å². The van der Waals surface area contributed by atoms with E-state index in [2.05, 4.69) is 24.1 Å². The number of aromatic nitrogens is 1. The van der Waals surface area contributed by atoms with Crippen molar-refractivity contribution in [2.75, 3.05) is 13.6 Å². The molecule has 1 heterocycles. The van der Waals surface area contributed by atoms with Crippen molar-refractivity contribution in [3.63, 3.8) is 0 Å². The van der Waals surface area contributed by atoms with Gasteiger partial charge in [-0.15, -0.1) is 11.3 Å². The zero-order valence-electron chi connectivity index (χ0n) is 11.9. The monoisotopic (exact) mass is 283 g/mol. The van der Waals surface area contributed by atoms with Crippen LogP contribution in [0.3, 0.4) is 0 Å². The molecule has 0 fully saturated rings. The molecule has 0 unspecified atom stereocenters. The van der Waals surface area contributed by atoms with Gasteiger partial charge in [0, 0.05) is 18.8 Å². The number of nitrogens with zero attached hydrogens (tertiary/aromatic N) is 2. The van der Waals surface area contributed by atoms with Crippen LogP contribution in [0.4, 0.5) is 4.79 Å². The molecule has 19 heavy (non-hydrogen) atoms. The molecule has 0 atom stereocenters. The molecule has 1 rings (SSSR count). The number of thiazole rings is 1. The summed E-state index contributed by atoms with van der Waals surface area (Å²) in [4.78, 5) is 28.5. The van der Waals surface area contributed by atoms with E-state index >= 15 is 0 Å². The highest BCUT2D eigenvalue weighted by molar-refractivity contribution is 7.09. The summed E-state index contributed by atoms with van der Waals surface area (Å²) < 4.78 is 0. The number of Topliss-reactive ketones (excluding diaryl/α,β-unsaturated/α-hetero) is 1. The van der Waals surface area contributed by atoms with E-state index in [1.807, 2.05) is 5.38 Å². The Balaban J connectivity index is 2.47. The normalized spacial score (nSPS) is 10.6. The highest BCUT2D eigenvalue weighted by Crippen LogP contribution is 2.15. The zero-order valence-corrected chi connectivity index (χ0v) is 12.7. The number of nitrogens with one attached hydrogen (secondary N) is 1. The average molecular weight is 283 g/mol. The van der Waals surface area contributed by atoms with Gasteiger partial charge in [-0.1, -0.05) is 13.8 Å². The van der Waals surface area contributed by atoms with E-state index in [9.17, 15) is 9.59 Å². The standard InChI is InChI=1S/C13H21N3O2S/c1-9(2)5-12-15-11(8-19-12)7-16(4)13(18)14-6-10(3)17/h8-9H,5-7H2,1-4H3,(H,14,18). The van der Waals surface area contributed by atoms with E-state index < -0.39 is 0 Å². The van der Waals surface area contributed by atoms with Crippen LogP contribution in [-0.4, -0.2) is 35.3 Å². The van der Waals surface area contributed by atoms with Gasteiger partial charge in [0.25, 0.3) is 0 Å². The largest absolute Gasteiger partial charge is 0.331 e. The summed E-state index contributed by atoms with van der Waals surface area (Å²) in [6.45, 7) is 6.28. The summed E-state index contributed by atoms with van der Waals surface area (Å²) in [6.07, 6.45) is 0.963. The predicted octanol–water partition coefficient (Wildman–Crippen LogP) is 2.07. The Morgan fingerprint density at radius 1 is 1.47 bits per heavy atom. The number of hydrogen-bond donors (Lipinski definition) is 1. The van der Waals surface area contributed by atoms with Gasteiger partial charge in [-0.25, -0.2) is 9.78 Å². The van der Waals surface area contributed by atoms with Crippen molar-refractivity contribution in [1.29, 1.82) is 0 Å². The van der Waals surface area contributed by atoms with Crippen LogP contribution >= 0.6 is 11.3 Å². The Morgan fingerprint density at radius 3 is 2.74 bits per heavy atom. The average Bonchev–Trinajstić information content (AvgIpc) is 2.72. The molecule has 0 aromatic carbocycles. The maximum atomic E-state index is 11.7. The first-order valence-corrected chi connectivity index (χ1v) is 7.18. The molecule has 0 aliphatic carbocycles. The number of carbonyl (C=O) groups is 2. The number of ketones is 1. The molecule has 2 amide bonds. The quantitative estimate of drug-likeness (QED) is 0.869. The predicted molar refractivity (Wildman–Crippen MR) is 76.2 cm³/mol. The lowest BCUT2D eigenvalue weighted by Gasteiger charge is -2.16. The van der Waals surface area contributed by atoms with Gasteiger partial charge in [-0.3, -0.25) is 4.79 Å². The van der Waals surface area contributed by atoms with Crippen LogP contribution in [0.1, 0.15) is 31.5 Å². The zero-order chi connectivity index (χ0) is 14.4. The molecule has 5 nitrogen and oxygen atoms in total. The van der Waals surface area contributed by atoms with Crippen molar-refractivity contribution < 1.29 is 9.59 Å². The lowest BCUT2D eigenvalue weighted by atomic mass is 10.1. The van der Waals surface area contributed by atoms with E-state index in [1.165, 1.54) is 11.8 Å². The van der Waals surface area contributed by atoms with Crippen LogP contribution in [-0.2, 0) is 17.8 Å². The fraction of sp³-hybridized carbons (Fsp3) is 0.615. The van der Waals surface area contributed by atoms with Crippen LogP contribution in [0.2, 0.25) is 0 Å². The van der Waals surface area contributed by atoms with E-state index in [0.29, 0.717) is 12.5 Å². The molecule has 1 aromatic heterocycles. The summed E-state index contributed by atoms with van der Waals surface area (Å²) >= 11 is 1.63. The van der Waals surface area contributed by atoms with Gasteiger partial charge >= 0.3 is 6.03 Å². The third-order valence-corrected chi connectivity index (χ3v) is 3.34. The molecule has 0 saturated carbocycles. The third kappa shape index (κ3) is 5.83. The molecule has 0 aliphatic rings. The van der Waals surface area contributed by atoms with Crippen molar-refractivity contribution in [3.8, 4) is 0 Å². The van der Waals surface area contributed by atoms with Crippen LogP contribution in [0, 0.1) is 5.92 Å². The number of carbonyl (C=O) groups excluding carboxylic acids is 2. The van der Waals surface area contributed by atoms with E-state index in [0.717, 1.165) is 17.1 Å². The molecule has 106 valence electrons. The maximum Gasteiger partial charge on any atom is 0.317 e. The SMILES string of the molecule is CC(=O)CNC(=O)N(C)Cc1csc(CC(C)C)n1. The highest BCUT2D eigenvalue weighted by atomic mass is 32.1. The number of hydrogen-bond acceptors (Lipinski definition) is 4. The number of urea groups is 1. The van der Waals surface area contributed by atoms with Crippen molar-refractivity contribution in [2.24, 2.45) is 5.92 Å². The van der Waals surface area contributed by atoms with Crippen LogP contribution in [0.5, 0.6) is 0 Å². The minimum atomic E-state index is -0.256. The van der Waals surface area contributed by atoms with Crippen LogP contribution in [0.15, 0.2) is 5.38 Å². The Bertz CT molecular complexity index is 443. The summed E-state index contributed by atoms with van der Waals surface area (Å²) in [7, 11) is 1.69. The fourth-order valence-electron chi connectivity index (χ4n) is 1.51. The molecular formula is C13H21N3O2S. The van der Waals surface area contributed by atoms with Gasteiger partial charge < -0.3 is 10.2 Å². The summed E-state index contributed by atoms with van der Waals surface area (Å²) in [5.41, 5.74) is 0.890. The molecule has 0 saturated heterocycles. The summed E-state index contributed by atoms with van der Waals surface area (Å²) in [5, 5.41) is 5.63. The Morgan fingerprint density at radius 2 is 2.16 bits per heavy atom. The van der Waals surface area contributed by atoms with E-state index in [4.69, 9.17) is 0 Å². The van der Waals surface area contributed by atoms with Crippen LogP contribution < -0.4 is 5.32 Å².